The van der Waals surface area contributed by atoms with Crippen LogP contribution in [0.5, 0.6) is 0 Å². The van der Waals surface area contributed by atoms with Crippen molar-refractivity contribution in [3.63, 3.8) is 0 Å². The molecule has 0 unspecified atom stereocenters. The Morgan fingerprint density at radius 1 is 0.657 bits per heavy atom. The Morgan fingerprint density at radius 3 is 1.37 bits per heavy atom. The molecule has 0 aliphatic carbocycles. The van der Waals surface area contributed by atoms with E-state index >= 15 is 0 Å². The molecule has 0 amide bonds. The molecule has 2 saturated heterocycles. The summed E-state index contributed by atoms with van der Waals surface area (Å²) in [6.07, 6.45) is 7.04. The molecule has 2 aromatic carbocycles. The SMILES string of the molecule is Cc1cccc(S(=O)(=O)N2CCC(CCCC3CCN(S(=O)(=O)c4cccc(C)c4)CC3)CC2)c1. The van der Waals surface area contributed by atoms with Crippen LogP contribution in [0, 0.1) is 25.7 Å². The second kappa shape index (κ2) is 11.1. The molecule has 0 saturated carbocycles. The zero-order valence-corrected chi connectivity index (χ0v) is 22.5. The molecular formula is C27H38N2O4S2. The average molecular weight is 519 g/mol. The molecule has 2 aliphatic rings. The van der Waals surface area contributed by atoms with E-state index in [2.05, 4.69) is 0 Å². The van der Waals surface area contributed by atoms with Gasteiger partial charge in [0.05, 0.1) is 9.79 Å². The zero-order valence-electron chi connectivity index (χ0n) is 20.9. The van der Waals surface area contributed by atoms with Crippen molar-refractivity contribution in [3.05, 3.63) is 59.7 Å². The lowest BCUT2D eigenvalue weighted by Gasteiger charge is -2.33. The number of nitrogens with zero attached hydrogens (tertiary/aromatic N) is 2. The third kappa shape index (κ3) is 6.34. The molecule has 6 nitrogen and oxygen atoms in total. The van der Waals surface area contributed by atoms with Crippen molar-refractivity contribution in [2.75, 3.05) is 26.2 Å². The highest BCUT2D eigenvalue weighted by Crippen LogP contribution is 2.31. The van der Waals surface area contributed by atoms with Crippen LogP contribution in [0.15, 0.2) is 58.3 Å². The van der Waals surface area contributed by atoms with Gasteiger partial charge < -0.3 is 0 Å². The van der Waals surface area contributed by atoms with Gasteiger partial charge in [0.2, 0.25) is 20.0 Å². The molecule has 0 N–H and O–H groups in total. The summed E-state index contributed by atoms with van der Waals surface area (Å²) < 4.78 is 55.1. The first-order valence-electron chi connectivity index (χ1n) is 12.8. The van der Waals surface area contributed by atoms with Crippen LogP contribution < -0.4 is 0 Å². The molecule has 0 bridgehead atoms. The van der Waals surface area contributed by atoms with Gasteiger partial charge in [-0.25, -0.2) is 16.8 Å². The van der Waals surface area contributed by atoms with Gasteiger partial charge in [-0.3, -0.25) is 0 Å². The van der Waals surface area contributed by atoms with Crippen LogP contribution in [-0.2, 0) is 20.0 Å². The fraction of sp³-hybridized carbons (Fsp3) is 0.556. The molecule has 0 aromatic heterocycles. The average Bonchev–Trinajstić information content (AvgIpc) is 2.85. The third-order valence-electron chi connectivity index (χ3n) is 7.63. The summed E-state index contributed by atoms with van der Waals surface area (Å²) in [5.74, 6) is 1.14. The van der Waals surface area contributed by atoms with Crippen LogP contribution in [-0.4, -0.2) is 51.6 Å². The van der Waals surface area contributed by atoms with E-state index < -0.39 is 20.0 Å². The minimum Gasteiger partial charge on any atom is -0.207 e. The number of aryl methyl sites for hydroxylation is 2. The lowest BCUT2D eigenvalue weighted by atomic mass is 9.87. The molecule has 0 atom stereocenters. The van der Waals surface area contributed by atoms with Gasteiger partial charge in [0.15, 0.2) is 0 Å². The summed E-state index contributed by atoms with van der Waals surface area (Å²) in [5, 5.41) is 0. The van der Waals surface area contributed by atoms with Gasteiger partial charge in [0.25, 0.3) is 0 Å². The minimum atomic E-state index is -3.41. The van der Waals surface area contributed by atoms with Gasteiger partial charge in [-0.15, -0.1) is 0 Å². The maximum atomic E-state index is 13.0. The van der Waals surface area contributed by atoms with Crippen molar-refractivity contribution in [1.82, 2.24) is 8.61 Å². The van der Waals surface area contributed by atoms with Gasteiger partial charge >= 0.3 is 0 Å². The molecule has 2 aliphatic heterocycles. The smallest absolute Gasteiger partial charge is 0.207 e. The first-order chi connectivity index (χ1) is 16.7. The molecule has 0 radical (unpaired) electrons. The second-order valence-corrected chi connectivity index (χ2v) is 14.1. The summed E-state index contributed by atoms with van der Waals surface area (Å²) in [6, 6.07) is 14.3. The Morgan fingerprint density at radius 2 is 1.03 bits per heavy atom. The second-order valence-electron chi connectivity index (χ2n) is 10.3. The van der Waals surface area contributed by atoms with Crippen LogP contribution >= 0.6 is 0 Å². The van der Waals surface area contributed by atoms with Crippen LogP contribution in [0.4, 0.5) is 0 Å². The number of hydrogen-bond donors (Lipinski definition) is 0. The number of benzene rings is 2. The summed E-state index contributed by atoms with van der Waals surface area (Å²) in [7, 11) is -6.81. The first-order valence-corrected chi connectivity index (χ1v) is 15.7. The number of hydrogen-bond acceptors (Lipinski definition) is 4. The highest BCUT2D eigenvalue weighted by Gasteiger charge is 2.31. The fourth-order valence-electron chi connectivity index (χ4n) is 5.42. The monoisotopic (exact) mass is 518 g/mol. The van der Waals surface area contributed by atoms with Gasteiger partial charge in [-0.1, -0.05) is 43.5 Å². The Balaban J connectivity index is 1.19. The van der Waals surface area contributed by atoms with Gasteiger partial charge in [-0.05, 0) is 86.8 Å². The number of rotatable bonds is 8. The predicted octanol–water partition coefficient (Wildman–Crippen LogP) is 4.98. The lowest BCUT2D eigenvalue weighted by molar-refractivity contribution is 0.234. The molecule has 192 valence electrons. The Hall–Kier alpha value is -1.74. The van der Waals surface area contributed by atoms with Crippen LogP contribution in [0.25, 0.3) is 0 Å². The molecule has 2 fully saturated rings. The lowest BCUT2D eigenvalue weighted by Crippen LogP contribution is -2.39. The number of sulfonamides is 2. The molecule has 35 heavy (non-hydrogen) atoms. The van der Waals surface area contributed by atoms with Crippen LogP contribution in [0.1, 0.15) is 56.1 Å². The van der Waals surface area contributed by atoms with E-state index in [1.807, 2.05) is 26.0 Å². The molecule has 8 heteroatoms. The van der Waals surface area contributed by atoms with Crippen molar-refractivity contribution in [2.45, 2.75) is 68.6 Å². The Labute approximate surface area is 211 Å². The Bertz CT molecular complexity index is 1120. The summed E-state index contributed by atoms with van der Waals surface area (Å²) in [5.41, 5.74) is 1.92. The summed E-state index contributed by atoms with van der Waals surface area (Å²) in [4.78, 5) is 0.790. The largest absolute Gasteiger partial charge is 0.243 e. The first kappa shape index (κ1) is 26.3. The van der Waals surface area contributed by atoms with E-state index in [0.29, 0.717) is 47.8 Å². The minimum absolute atomic E-state index is 0.395. The Kier molecular flexibility index (Phi) is 8.36. The van der Waals surface area contributed by atoms with Gasteiger partial charge in [0, 0.05) is 26.2 Å². The normalized spacial score (nSPS) is 19.7. The highest BCUT2D eigenvalue weighted by atomic mass is 32.2. The predicted molar refractivity (Wildman–Crippen MR) is 139 cm³/mol. The van der Waals surface area contributed by atoms with E-state index in [1.54, 1.807) is 45.0 Å². The quantitative estimate of drug-likeness (QED) is 0.494. The topological polar surface area (TPSA) is 74.8 Å². The van der Waals surface area contributed by atoms with E-state index in [9.17, 15) is 16.8 Å². The van der Waals surface area contributed by atoms with Crippen molar-refractivity contribution in [1.29, 1.82) is 0 Å². The maximum Gasteiger partial charge on any atom is 0.243 e. The van der Waals surface area contributed by atoms with Crippen molar-refractivity contribution < 1.29 is 16.8 Å². The molecule has 0 spiro atoms. The molecule has 2 aromatic rings. The third-order valence-corrected chi connectivity index (χ3v) is 11.4. The van der Waals surface area contributed by atoms with Gasteiger partial charge in [0.1, 0.15) is 0 Å². The summed E-state index contributed by atoms with van der Waals surface area (Å²) >= 11 is 0. The van der Waals surface area contributed by atoms with Crippen molar-refractivity contribution >= 4 is 20.0 Å². The van der Waals surface area contributed by atoms with Crippen LogP contribution in [0.3, 0.4) is 0 Å². The maximum absolute atomic E-state index is 13.0. The highest BCUT2D eigenvalue weighted by molar-refractivity contribution is 7.89. The van der Waals surface area contributed by atoms with Crippen molar-refractivity contribution in [3.8, 4) is 0 Å². The summed E-state index contributed by atoms with van der Waals surface area (Å²) in [6.45, 7) is 6.20. The fourth-order valence-corrected chi connectivity index (χ4v) is 8.57. The number of piperidine rings is 2. The van der Waals surface area contributed by atoms with Crippen molar-refractivity contribution in [2.24, 2.45) is 11.8 Å². The molecular weight excluding hydrogens is 480 g/mol. The van der Waals surface area contributed by atoms with E-state index in [0.717, 1.165) is 56.1 Å². The van der Waals surface area contributed by atoms with E-state index in [1.165, 1.54) is 0 Å². The zero-order chi connectivity index (χ0) is 25.1. The van der Waals surface area contributed by atoms with Gasteiger partial charge in [-0.2, -0.15) is 8.61 Å². The van der Waals surface area contributed by atoms with E-state index in [-0.39, 0.29) is 0 Å². The van der Waals surface area contributed by atoms with Crippen LogP contribution in [0.2, 0.25) is 0 Å². The molecule has 4 rings (SSSR count). The van der Waals surface area contributed by atoms with E-state index in [4.69, 9.17) is 0 Å². The molecule has 2 heterocycles. The standard InChI is InChI=1S/C27H38N2O4S2/c1-22-6-3-10-26(20-22)34(30,31)28-16-12-24(13-17-28)8-5-9-25-14-18-29(19-15-25)35(32,33)27-11-4-7-23(2)21-27/h3-4,6-7,10-11,20-21,24-25H,5,8-9,12-19H2,1-2H3.